The summed E-state index contributed by atoms with van der Waals surface area (Å²) in [5.41, 5.74) is 0.803. The minimum atomic E-state index is -0.355. The molecule has 0 bridgehead atoms. The molecule has 1 N–H and O–H groups in total. The van der Waals surface area contributed by atoms with Gasteiger partial charge in [0.2, 0.25) is 5.82 Å². The van der Waals surface area contributed by atoms with Crippen molar-refractivity contribution < 1.29 is 4.92 Å². The van der Waals surface area contributed by atoms with Gasteiger partial charge < -0.3 is 5.32 Å². The maximum absolute atomic E-state index is 11.0. The Labute approximate surface area is 100 Å². The lowest BCUT2D eigenvalue weighted by Crippen LogP contribution is -2.13. The number of aryl methyl sites for hydroxylation is 2. The van der Waals surface area contributed by atoms with E-state index in [1.54, 1.807) is 11.6 Å². The van der Waals surface area contributed by atoms with E-state index < -0.39 is 0 Å². The molecule has 0 saturated heterocycles. The monoisotopic (exact) mass is 238 g/mol. The molecular formula is C11H18N4O2. The summed E-state index contributed by atoms with van der Waals surface area (Å²) in [6, 6.07) is 0.308. The number of rotatable bonds is 4. The number of aromatic nitrogens is 2. The topological polar surface area (TPSA) is 73.0 Å². The van der Waals surface area contributed by atoms with E-state index in [2.05, 4.69) is 24.3 Å². The fraction of sp³-hybridized carbons (Fsp3) is 0.727. The highest BCUT2D eigenvalue weighted by atomic mass is 16.6. The summed E-state index contributed by atoms with van der Waals surface area (Å²) in [6.45, 7) is 8.53. The first-order chi connectivity index (χ1) is 7.86. The molecule has 0 aliphatic heterocycles. The minimum absolute atomic E-state index is 0.106. The number of hydrogen-bond acceptors (Lipinski definition) is 4. The lowest BCUT2D eigenvalue weighted by molar-refractivity contribution is -0.384. The van der Waals surface area contributed by atoms with Crippen LogP contribution in [-0.2, 0) is 6.54 Å². The van der Waals surface area contributed by atoms with Gasteiger partial charge in [-0.25, -0.2) is 4.68 Å². The summed E-state index contributed by atoms with van der Waals surface area (Å²) in [5, 5.41) is 18.5. The van der Waals surface area contributed by atoms with Gasteiger partial charge in [0, 0.05) is 12.6 Å². The van der Waals surface area contributed by atoms with Crippen LogP contribution in [0.5, 0.6) is 0 Å². The Kier molecular flexibility index (Phi) is 2.60. The molecule has 0 radical (unpaired) electrons. The average Bonchev–Trinajstić information content (AvgIpc) is 2.68. The molecule has 2 rings (SSSR count). The Bertz CT molecular complexity index is 464. The van der Waals surface area contributed by atoms with Crippen molar-refractivity contribution in [1.29, 1.82) is 0 Å². The van der Waals surface area contributed by atoms with Gasteiger partial charge in [-0.05, 0) is 25.7 Å². The fourth-order valence-electron chi connectivity index (χ4n) is 2.04. The van der Waals surface area contributed by atoms with Crippen LogP contribution in [-0.4, -0.2) is 20.7 Å². The second-order valence-electron chi connectivity index (χ2n) is 5.25. The largest absolute Gasteiger partial charge is 0.361 e. The molecule has 94 valence electrons. The third-order valence-corrected chi connectivity index (χ3v) is 3.40. The molecule has 1 unspecified atom stereocenters. The zero-order chi connectivity index (χ0) is 12.8. The van der Waals surface area contributed by atoms with Gasteiger partial charge in [-0.3, -0.25) is 10.1 Å². The fourth-order valence-corrected chi connectivity index (χ4v) is 2.04. The molecule has 1 aromatic rings. The molecule has 1 fully saturated rings. The van der Waals surface area contributed by atoms with Gasteiger partial charge in [0.05, 0.1) is 4.92 Å². The molecule has 6 heteroatoms. The van der Waals surface area contributed by atoms with E-state index in [9.17, 15) is 10.1 Å². The van der Waals surface area contributed by atoms with Crippen LogP contribution >= 0.6 is 0 Å². The molecule has 0 amide bonds. The standard InChI is InChI=1S/C11H18N4O2/c1-5-14-10(12-8-6-11(8,3)4)9(15(16)17)7(2)13-14/h8,12H,5-6H2,1-4H3. The van der Waals surface area contributed by atoms with Gasteiger partial charge in [0.15, 0.2) is 0 Å². The summed E-state index contributed by atoms with van der Waals surface area (Å²) in [4.78, 5) is 10.7. The van der Waals surface area contributed by atoms with E-state index >= 15 is 0 Å². The van der Waals surface area contributed by atoms with E-state index in [1.165, 1.54) is 0 Å². The molecule has 1 aliphatic rings. The molecule has 1 atom stereocenters. The van der Waals surface area contributed by atoms with Crippen LogP contribution in [0.15, 0.2) is 0 Å². The van der Waals surface area contributed by atoms with E-state index in [1.807, 2.05) is 6.92 Å². The zero-order valence-corrected chi connectivity index (χ0v) is 10.6. The van der Waals surface area contributed by atoms with Crippen LogP contribution < -0.4 is 5.32 Å². The summed E-state index contributed by atoms with van der Waals surface area (Å²) in [7, 11) is 0. The van der Waals surface area contributed by atoms with E-state index in [4.69, 9.17) is 0 Å². The van der Waals surface area contributed by atoms with Crippen molar-refractivity contribution in [3.8, 4) is 0 Å². The minimum Gasteiger partial charge on any atom is -0.361 e. The SMILES string of the molecule is CCn1nc(C)c([N+](=O)[O-])c1NC1CC1(C)C. The van der Waals surface area contributed by atoms with Crippen LogP contribution in [0.3, 0.4) is 0 Å². The van der Waals surface area contributed by atoms with Crippen molar-refractivity contribution in [3.05, 3.63) is 15.8 Å². The zero-order valence-electron chi connectivity index (χ0n) is 10.6. The highest BCUT2D eigenvalue weighted by Crippen LogP contribution is 2.47. The Hall–Kier alpha value is -1.59. The number of nitrogens with one attached hydrogen (secondary N) is 1. The first-order valence-corrected chi connectivity index (χ1v) is 5.85. The maximum Gasteiger partial charge on any atom is 0.333 e. The Morgan fingerprint density at radius 3 is 2.65 bits per heavy atom. The highest BCUT2D eigenvalue weighted by Gasteiger charge is 2.47. The number of anilines is 1. The number of hydrogen-bond donors (Lipinski definition) is 1. The molecule has 17 heavy (non-hydrogen) atoms. The van der Waals surface area contributed by atoms with E-state index in [-0.39, 0.29) is 16.0 Å². The van der Waals surface area contributed by atoms with Gasteiger partial charge >= 0.3 is 5.69 Å². The van der Waals surface area contributed by atoms with Crippen molar-refractivity contribution in [2.24, 2.45) is 5.41 Å². The summed E-state index contributed by atoms with van der Waals surface area (Å²) < 4.78 is 1.67. The normalized spacial score (nSPS) is 21.3. The van der Waals surface area contributed by atoms with Crippen LogP contribution in [0, 0.1) is 22.5 Å². The third kappa shape index (κ3) is 1.99. The predicted molar refractivity (Wildman–Crippen MR) is 65.1 cm³/mol. The molecule has 0 aromatic carbocycles. The quantitative estimate of drug-likeness (QED) is 0.645. The Balaban J connectivity index is 2.33. The molecule has 1 heterocycles. The molecule has 6 nitrogen and oxygen atoms in total. The lowest BCUT2D eigenvalue weighted by Gasteiger charge is -2.08. The van der Waals surface area contributed by atoms with Crippen molar-refractivity contribution in [1.82, 2.24) is 9.78 Å². The summed E-state index contributed by atoms with van der Waals surface area (Å²) >= 11 is 0. The van der Waals surface area contributed by atoms with E-state index in [0.29, 0.717) is 24.1 Å². The van der Waals surface area contributed by atoms with Gasteiger partial charge in [0.25, 0.3) is 0 Å². The van der Waals surface area contributed by atoms with Gasteiger partial charge in [0.1, 0.15) is 5.69 Å². The first kappa shape index (κ1) is 11.9. The Morgan fingerprint density at radius 2 is 2.24 bits per heavy atom. The molecule has 1 aromatic heterocycles. The third-order valence-electron chi connectivity index (χ3n) is 3.40. The smallest absolute Gasteiger partial charge is 0.333 e. The molecule has 1 saturated carbocycles. The van der Waals surface area contributed by atoms with Gasteiger partial charge in [-0.15, -0.1) is 0 Å². The Morgan fingerprint density at radius 1 is 1.65 bits per heavy atom. The second-order valence-corrected chi connectivity index (χ2v) is 5.25. The highest BCUT2D eigenvalue weighted by molar-refractivity contribution is 5.60. The van der Waals surface area contributed by atoms with Gasteiger partial charge in [-0.2, -0.15) is 5.10 Å². The first-order valence-electron chi connectivity index (χ1n) is 5.85. The molecule has 0 spiro atoms. The van der Waals surface area contributed by atoms with Crippen LogP contribution in [0.2, 0.25) is 0 Å². The molecule has 1 aliphatic carbocycles. The van der Waals surface area contributed by atoms with Crippen LogP contribution in [0.4, 0.5) is 11.5 Å². The predicted octanol–water partition coefficient (Wildman–Crippen LogP) is 2.33. The molecular weight excluding hydrogens is 220 g/mol. The summed E-state index contributed by atoms with van der Waals surface area (Å²) in [5.74, 6) is 0.547. The van der Waals surface area contributed by atoms with Crippen molar-refractivity contribution in [2.75, 3.05) is 5.32 Å². The average molecular weight is 238 g/mol. The van der Waals surface area contributed by atoms with E-state index in [0.717, 1.165) is 6.42 Å². The van der Waals surface area contributed by atoms with Crippen molar-refractivity contribution in [2.45, 2.75) is 46.7 Å². The van der Waals surface area contributed by atoms with Crippen LogP contribution in [0.1, 0.15) is 32.9 Å². The number of nitro groups is 1. The lowest BCUT2D eigenvalue weighted by atomic mass is 10.2. The van der Waals surface area contributed by atoms with Crippen molar-refractivity contribution >= 4 is 11.5 Å². The van der Waals surface area contributed by atoms with Gasteiger partial charge in [-0.1, -0.05) is 13.8 Å². The van der Waals surface area contributed by atoms with Crippen LogP contribution in [0.25, 0.3) is 0 Å². The number of nitrogens with zero attached hydrogens (tertiary/aromatic N) is 3. The summed E-state index contributed by atoms with van der Waals surface area (Å²) in [6.07, 6.45) is 1.04. The second kappa shape index (κ2) is 3.72. The maximum atomic E-state index is 11.0. The van der Waals surface area contributed by atoms with Crippen molar-refractivity contribution in [3.63, 3.8) is 0 Å².